The summed E-state index contributed by atoms with van der Waals surface area (Å²) < 4.78 is 6.63. The maximum atomic E-state index is 13.3. The number of carboxylic acids is 1. The summed E-state index contributed by atoms with van der Waals surface area (Å²) in [5.41, 5.74) is 1.87. The van der Waals surface area contributed by atoms with Crippen LogP contribution in [0.1, 0.15) is 12.0 Å². The Kier molecular flexibility index (Phi) is 9.07. The van der Waals surface area contributed by atoms with Gasteiger partial charge in [-0.05, 0) is 23.3 Å². The number of nitrogens with one attached hydrogen (secondary N) is 1. The molecule has 2 N–H and O–H groups in total. The third-order valence-corrected chi connectivity index (χ3v) is 6.98. The van der Waals surface area contributed by atoms with Gasteiger partial charge in [-0.2, -0.15) is 4.98 Å². The van der Waals surface area contributed by atoms with Crippen molar-refractivity contribution in [1.29, 1.82) is 0 Å². The van der Waals surface area contributed by atoms with Gasteiger partial charge in [0.25, 0.3) is 0 Å². The fraction of sp³-hybridized carbons (Fsp3) is 0.258. The van der Waals surface area contributed by atoms with Crippen molar-refractivity contribution in [2.45, 2.75) is 25.6 Å². The number of ether oxygens (including phenoxy) is 1. The van der Waals surface area contributed by atoms with Crippen molar-refractivity contribution < 1.29 is 19.4 Å². The summed E-state index contributed by atoms with van der Waals surface area (Å²) >= 11 is 0. The van der Waals surface area contributed by atoms with Crippen LogP contribution in [0.25, 0.3) is 11.1 Å². The Morgan fingerprint density at radius 1 is 0.905 bits per heavy atom. The molecule has 2 aromatic heterocycles. The zero-order valence-electron chi connectivity index (χ0n) is 23.0. The number of nitrogens with zero attached hydrogens (tertiary/aromatic N) is 5. The molecule has 11 heteroatoms. The zero-order chi connectivity index (χ0) is 29.3. The lowest BCUT2D eigenvalue weighted by Gasteiger charge is -2.36. The molecule has 4 aromatic rings. The highest BCUT2D eigenvalue weighted by Gasteiger charge is 2.24. The number of hydrogen-bond donors (Lipinski definition) is 2. The monoisotopic (exact) mass is 568 g/mol. The molecule has 5 rings (SSSR count). The highest BCUT2D eigenvalue weighted by atomic mass is 16.5. The molecular formula is C31H32N6O5. The standard InChI is InChI=1S/C31H32N6O5/c38-28(39)19-25(33-31(41)42-22-23-9-3-1-4-10-23)20-37-21-26(24-11-5-2-6-12-24)29(34-30(37)40)36-17-15-35(16-18-36)27-13-7-8-14-32-27/h1-14,21,25H,15-20,22H2,(H,33,41)(H,38,39). The lowest BCUT2D eigenvalue weighted by atomic mass is 10.1. The molecule has 1 amide bonds. The number of alkyl carbamates (subject to hydrolysis) is 1. The molecule has 1 saturated heterocycles. The highest BCUT2D eigenvalue weighted by Crippen LogP contribution is 2.29. The van der Waals surface area contributed by atoms with Crippen LogP contribution >= 0.6 is 0 Å². The minimum Gasteiger partial charge on any atom is -0.481 e. The normalized spacial score (nSPS) is 13.8. The second-order valence-corrected chi connectivity index (χ2v) is 9.94. The number of carbonyl (C=O) groups excluding carboxylic acids is 1. The van der Waals surface area contributed by atoms with E-state index >= 15 is 0 Å². The smallest absolute Gasteiger partial charge is 0.407 e. The summed E-state index contributed by atoms with van der Waals surface area (Å²) in [5, 5.41) is 12.1. The quantitative estimate of drug-likeness (QED) is 0.296. The lowest BCUT2D eigenvalue weighted by Crippen LogP contribution is -2.48. The number of benzene rings is 2. The molecular weight excluding hydrogens is 536 g/mol. The van der Waals surface area contributed by atoms with Gasteiger partial charge in [0.15, 0.2) is 0 Å². The number of aromatic nitrogens is 3. The van der Waals surface area contributed by atoms with Crippen LogP contribution in [-0.4, -0.2) is 63.9 Å². The second kappa shape index (κ2) is 13.4. The first-order valence-electron chi connectivity index (χ1n) is 13.7. The Morgan fingerprint density at radius 3 is 2.24 bits per heavy atom. The van der Waals surface area contributed by atoms with Crippen molar-refractivity contribution >= 4 is 23.7 Å². The maximum absolute atomic E-state index is 13.3. The highest BCUT2D eigenvalue weighted by molar-refractivity contribution is 5.75. The van der Waals surface area contributed by atoms with E-state index in [0.29, 0.717) is 32.0 Å². The largest absolute Gasteiger partial charge is 0.481 e. The minimum absolute atomic E-state index is 0.0361. The summed E-state index contributed by atoms with van der Waals surface area (Å²) in [5.74, 6) is 0.353. The van der Waals surface area contributed by atoms with Crippen molar-refractivity contribution in [3.63, 3.8) is 0 Å². The molecule has 3 heterocycles. The molecule has 1 aliphatic rings. The van der Waals surface area contributed by atoms with Crippen LogP contribution in [-0.2, 0) is 22.7 Å². The first-order chi connectivity index (χ1) is 20.5. The molecule has 1 unspecified atom stereocenters. The van der Waals surface area contributed by atoms with E-state index in [0.717, 1.165) is 22.5 Å². The van der Waals surface area contributed by atoms with Crippen LogP contribution in [0.4, 0.5) is 16.4 Å². The molecule has 0 saturated carbocycles. The molecule has 0 radical (unpaired) electrons. The van der Waals surface area contributed by atoms with Crippen LogP contribution in [0.3, 0.4) is 0 Å². The van der Waals surface area contributed by atoms with E-state index in [1.165, 1.54) is 4.57 Å². The Labute approximate surface area is 243 Å². The van der Waals surface area contributed by atoms with Crippen molar-refractivity contribution in [3.05, 3.63) is 107 Å². The third-order valence-electron chi connectivity index (χ3n) is 6.98. The van der Waals surface area contributed by atoms with Gasteiger partial charge in [-0.25, -0.2) is 14.6 Å². The zero-order valence-corrected chi connectivity index (χ0v) is 23.0. The molecule has 1 fully saturated rings. The maximum Gasteiger partial charge on any atom is 0.407 e. The van der Waals surface area contributed by atoms with Gasteiger partial charge in [0.2, 0.25) is 0 Å². The van der Waals surface area contributed by atoms with Crippen LogP contribution < -0.4 is 20.8 Å². The van der Waals surface area contributed by atoms with E-state index < -0.39 is 30.2 Å². The van der Waals surface area contributed by atoms with Crippen LogP contribution in [0.2, 0.25) is 0 Å². The predicted octanol–water partition coefficient (Wildman–Crippen LogP) is 3.40. The summed E-state index contributed by atoms with van der Waals surface area (Å²) in [7, 11) is 0. The molecule has 1 atom stereocenters. The van der Waals surface area contributed by atoms with E-state index in [1.54, 1.807) is 12.4 Å². The van der Waals surface area contributed by atoms with E-state index in [1.807, 2.05) is 78.9 Å². The van der Waals surface area contributed by atoms with Gasteiger partial charge in [0.1, 0.15) is 18.2 Å². The van der Waals surface area contributed by atoms with E-state index in [-0.39, 0.29) is 13.2 Å². The van der Waals surface area contributed by atoms with Gasteiger partial charge >= 0.3 is 17.8 Å². The van der Waals surface area contributed by atoms with Crippen molar-refractivity contribution in [1.82, 2.24) is 19.9 Å². The van der Waals surface area contributed by atoms with Crippen molar-refractivity contribution in [3.8, 4) is 11.1 Å². The molecule has 42 heavy (non-hydrogen) atoms. The first kappa shape index (κ1) is 28.3. The number of pyridine rings is 1. The summed E-state index contributed by atoms with van der Waals surface area (Å²) in [6.45, 7) is 2.66. The topological polar surface area (TPSA) is 130 Å². The Bertz CT molecular complexity index is 1540. The average Bonchev–Trinajstić information content (AvgIpc) is 3.02. The third kappa shape index (κ3) is 7.30. The van der Waals surface area contributed by atoms with Gasteiger partial charge in [-0.1, -0.05) is 66.7 Å². The van der Waals surface area contributed by atoms with Crippen LogP contribution in [0, 0.1) is 0 Å². The number of carbonyl (C=O) groups is 2. The first-order valence-corrected chi connectivity index (χ1v) is 13.7. The van der Waals surface area contributed by atoms with Gasteiger partial charge in [-0.15, -0.1) is 0 Å². The van der Waals surface area contributed by atoms with Crippen molar-refractivity contribution in [2.24, 2.45) is 0 Å². The average molecular weight is 569 g/mol. The summed E-state index contributed by atoms with van der Waals surface area (Å²) in [6.07, 6.45) is 2.30. The summed E-state index contributed by atoms with van der Waals surface area (Å²) in [4.78, 5) is 50.6. The van der Waals surface area contributed by atoms with Gasteiger partial charge in [0, 0.05) is 50.7 Å². The number of carboxylic acid groups (broad SMARTS) is 1. The molecule has 11 nitrogen and oxygen atoms in total. The fourth-order valence-corrected chi connectivity index (χ4v) is 4.91. The lowest BCUT2D eigenvalue weighted by molar-refractivity contribution is -0.137. The molecule has 1 aliphatic heterocycles. The number of piperazine rings is 1. The number of aliphatic carboxylic acids is 1. The number of hydrogen-bond acceptors (Lipinski definition) is 8. The van der Waals surface area contributed by atoms with Crippen LogP contribution in [0.15, 0.2) is 96.1 Å². The fourth-order valence-electron chi connectivity index (χ4n) is 4.91. The van der Waals surface area contributed by atoms with E-state index in [2.05, 4.69) is 25.1 Å². The molecule has 0 bridgehead atoms. The molecule has 216 valence electrons. The van der Waals surface area contributed by atoms with Crippen LogP contribution in [0.5, 0.6) is 0 Å². The SMILES string of the molecule is O=C(O)CC(Cn1cc(-c2ccccc2)c(N2CCN(c3ccccn3)CC2)nc1=O)NC(=O)OCc1ccccc1. The van der Waals surface area contributed by atoms with Gasteiger partial charge in [0.05, 0.1) is 12.5 Å². The summed E-state index contributed by atoms with van der Waals surface area (Å²) in [6, 6.07) is 23.7. The molecule has 2 aromatic carbocycles. The number of anilines is 2. The Balaban J connectivity index is 1.35. The van der Waals surface area contributed by atoms with Gasteiger partial charge in [-0.3, -0.25) is 9.36 Å². The van der Waals surface area contributed by atoms with Gasteiger partial charge < -0.3 is 25.0 Å². The second-order valence-electron chi connectivity index (χ2n) is 9.94. The molecule has 0 aliphatic carbocycles. The predicted molar refractivity (Wildman–Crippen MR) is 158 cm³/mol. The number of rotatable bonds is 10. The van der Waals surface area contributed by atoms with E-state index in [4.69, 9.17) is 4.74 Å². The number of amides is 1. The Hall–Kier alpha value is -5.19. The van der Waals surface area contributed by atoms with E-state index in [9.17, 15) is 19.5 Å². The Morgan fingerprint density at radius 2 is 1.57 bits per heavy atom. The van der Waals surface area contributed by atoms with Crippen molar-refractivity contribution in [2.75, 3.05) is 36.0 Å². The minimum atomic E-state index is -1.12. The molecule has 0 spiro atoms.